The quantitative estimate of drug-likeness (QED) is 0.823. The number of carbonyl (C=O) groups is 1. The summed E-state index contributed by atoms with van der Waals surface area (Å²) in [6, 6.07) is 3.73. The Hall–Kier alpha value is -2.35. The molecule has 0 fully saturated rings. The van der Waals surface area contributed by atoms with Crippen molar-refractivity contribution in [1.29, 1.82) is 0 Å². The van der Waals surface area contributed by atoms with Gasteiger partial charge in [-0.1, -0.05) is 6.07 Å². The number of hydrogen-bond donors (Lipinski definition) is 1. The second-order valence-corrected chi connectivity index (χ2v) is 7.22. The normalized spacial score (nSPS) is 22.3. The zero-order valence-electron chi connectivity index (χ0n) is 15.1. The van der Waals surface area contributed by atoms with Gasteiger partial charge in [0.1, 0.15) is 0 Å². The van der Waals surface area contributed by atoms with Crippen LogP contribution in [0.2, 0.25) is 0 Å². The summed E-state index contributed by atoms with van der Waals surface area (Å²) in [7, 11) is 0. The fourth-order valence-electron chi connectivity index (χ4n) is 3.90. The number of amides is 1. The van der Waals surface area contributed by atoms with Gasteiger partial charge in [-0.15, -0.1) is 0 Å². The number of hydrogen-bond acceptors (Lipinski definition) is 3. The molecule has 0 spiro atoms. The summed E-state index contributed by atoms with van der Waals surface area (Å²) in [6.07, 6.45) is -3.50. The van der Waals surface area contributed by atoms with Crippen molar-refractivity contribution >= 4 is 5.91 Å². The van der Waals surface area contributed by atoms with Gasteiger partial charge < -0.3 is 9.64 Å². The maximum absolute atomic E-state index is 13.0. The van der Waals surface area contributed by atoms with Gasteiger partial charge in [0, 0.05) is 25.1 Å². The van der Waals surface area contributed by atoms with E-state index in [4.69, 9.17) is 4.74 Å². The summed E-state index contributed by atoms with van der Waals surface area (Å²) in [6.45, 7) is 4.53. The van der Waals surface area contributed by atoms with Crippen LogP contribution in [0.25, 0.3) is 0 Å². The van der Waals surface area contributed by atoms with E-state index in [0.717, 1.165) is 22.9 Å². The molecule has 1 N–H and O–H groups in total. The predicted octanol–water partition coefficient (Wildman–Crippen LogP) is 3.65. The first-order chi connectivity index (χ1) is 12.7. The third-order valence-corrected chi connectivity index (χ3v) is 5.27. The van der Waals surface area contributed by atoms with Crippen molar-refractivity contribution < 1.29 is 22.7 Å². The van der Waals surface area contributed by atoms with E-state index in [1.165, 1.54) is 12.1 Å². The molecule has 2 atom stereocenters. The SMILES string of the molecule is C[C@@H]1Cc2c(C(=O)N3CCc4cc(C(F)(F)F)ccc4C3)n[nH]c2[C@H](C)O1. The van der Waals surface area contributed by atoms with Gasteiger partial charge in [0.2, 0.25) is 0 Å². The first-order valence-corrected chi connectivity index (χ1v) is 8.95. The summed E-state index contributed by atoms with van der Waals surface area (Å²) >= 11 is 0. The van der Waals surface area contributed by atoms with Gasteiger partial charge in [-0.05, 0) is 43.5 Å². The molecule has 0 radical (unpaired) electrons. The van der Waals surface area contributed by atoms with Crippen molar-refractivity contribution in [3.05, 3.63) is 51.8 Å². The first kappa shape index (κ1) is 18.0. The Morgan fingerprint density at radius 1 is 1.30 bits per heavy atom. The minimum absolute atomic E-state index is 0.000443. The van der Waals surface area contributed by atoms with Crippen molar-refractivity contribution in [3.8, 4) is 0 Å². The van der Waals surface area contributed by atoms with E-state index < -0.39 is 11.7 Å². The van der Waals surface area contributed by atoms with Gasteiger partial charge in [-0.25, -0.2) is 0 Å². The molecule has 2 aliphatic rings. The highest BCUT2D eigenvalue weighted by Gasteiger charge is 2.34. The van der Waals surface area contributed by atoms with E-state index in [2.05, 4.69) is 10.2 Å². The molecule has 2 aromatic rings. The number of aromatic nitrogens is 2. The number of ether oxygens (including phenoxy) is 1. The van der Waals surface area contributed by atoms with E-state index in [0.29, 0.717) is 30.6 Å². The van der Waals surface area contributed by atoms with E-state index in [1.807, 2.05) is 13.8 Å². The molecule has 3 heterocycles. The molecule has 5 nitrogen and oxygen atoms in total. The minimum atomic E-state index is -4.36. The number of benzene rings is 1. The number of nitrogens with zero attached hydrogens (tertiary/aromatic N) is 2. The van der Waals surface area contributed by atoms with E-state index in [-0.39, 0.29) is 24.7 Å². The van der Waals surface area contributed by atoms with Crippen LogP contribution in [-0.2, 0) is 30.3 Å². The number of rotatable bonds is 1. The van der Waals surface area contributed by atoms with Crippen molar-refractivity contribution in [2.45, 2.75) is 51.6 Å². The van der Waals surface area contributed by atoms with Crippen molar-refractivity contribution in [2.75, 3.05) is 6.54 Å². The molecule has 1 amide bonds. The molecule has 0 saturated carbocycles. The summed E-state index contributed by atoms with van der Waals surface area (Å²) in [5.74, 6) is -0.195. The molecule has 4 rings (SSSR count). The van der Waals surface area contributed by atoms with Crippen LogP contribution in [0.1, 0.15) is 58.4 Å². The number of alkyl halides is 3. The number of fused-ring (bicyclic) bond motifs is 2. The maximum atomic E-state index is 13.0. The summed E-state index contributed by atoms with van der Waals surface area (Å²) in [5, 5.41) is 7.13. The minimum Gasteiger partial charge on any atom is -0.369 e. The summed E-state index contributed by atoms with van der Waals surface area (Å²) in [4.78, 5) is 14.7. The van der Waals surface area contributed by atoms with Crippen LogP contribution in [-0.4, -0.2) is 33.7 Å². The van der Waals surface area contributed by atoms with Crippen LogP contribution in [0.4, 0.5) is 13.2 Å². The number of nitrogens with one attached hydrogen (secondary N) is 1. The third kappa shape index (κ3) is 3.22. The third-order valence-electron chi connectivity index (χ3n) is 5.27. The van der Waals surface area contributed by atoms with Crippen LogP contribution in [0.15, 0.2) is 18.2 Å². The Morgan fingerprint density at radius 3 is 2.81 bits per heavy atom. The highest BCUT2D eigenvalue weighted by molar-refractivity contribution is 5.94. The molecule has 1 aromatic heterocycles. The predicted molar refractivity (Wildman–Crippen MR) is 91.1 cm³/mol. The Balaban J connectivity index is 1.57. The first-order valence-electron chi connectivity index (χ1n) is 8.95. The molecule has 0 aliphatic carbocycles. The maximum Gasteiger partial charge on any atom is 0.416 e. The Morgan fingerprint density at radius 2 is 2.07 bits per heavy atom. The number of H-pyrrole nitrogens is 1. The van der Waals surface area contributed by atoms with Crippen LogP contribution in [0.3, 0.4) is 0 Å². The Bertz CT molecular complexity index is 891. The topological polar surface area (TPSA) is 58.2 Å². The zero-order valence-corrected chi connectivity index (χ0v) is 15.1. The molecule has 0 saturated heterocycles. The Labute approximate surface area is 154 Å². The molecule has 0 unspecified atom stereocenters. The highest BCUT2D eigenvalue weighted by atomic mass is 19.4. The lowest BCUT2D eigenvalue weighted by Crippen LogP contribution is -2.37. The second-order valence-electron chi connectivity index (χ2n) is 7.22. The van der Waals surface area contributed by atoms with Gasteiger partial charge in [0.15, 0.2) is 5.69 Å². The fraction of sp³-hybridized carbons (Fsp3) is 0.474. The standard InChI is InChI=1S/C19H20F3N3O2/c1-10-7-15-16(11(2)27-10)23-24-17(15)18(26)25-6-5-12-8-14(19(20,21)22)4-3-13(12)9-25/h3-4,8,10-11H,5-7,9H2,1-2H3,(H,23,24)/t10-,11+/m1/s1. The van der Waals surface area contributed by atoms with Gasteiger partial charge in [-0.2, -0.15) is 18.3 Å². The van der Waals surface area contributed by atoms with E-state index >= 15 is 0 Å². The van der Waals surface area contributed by atoms with Gasteiger partial charge in [-0.3, -0.25) is 9.89 Å². The van der Waals surface area contributed by atoms with Crippen molar-refractivity contribution in [3.63, 3.8) is 0 Å². The zero-order chi connectivity index (χ0) is 19.3. The number of halogens is 3. The van der Waals surface area contributed by atoms with E-state index in [9.17, 15) is 18.0 Å². The number of aromatic amines is 1. The Kier molecular flexibility index (Phi) is 4.25. The lowest BCUT2D eigenvalue weighted by molar-refractivity contribution is -0.137. The lowest BCUT2D eigenvalue weighted by Gasteiger charge is -2.30. The average Bonchev–Trinajstić information content (AvgIpc) is 3.03. The van der Waals surface area contributed by atoms with Crippen LogP contribution < -0.4 is 0 Å². The van der Waals surface area contributed by atoms with Crippen LogP contribution >= 0.6 is 0 Å². The molecular weight excluding hydrogens is 359 g/mol. The highest BCUT2D eigenvalue weighted by Crippen LogP contribution is 2.33. The summed E-state index contributed by atoms with van der Waals surface area (Å²) in [5.41, 5.74) is 2.84. The van der Waals surface area contributed by atoms with Gasteiger partial charge in [0.25, 0.3) is 5.91 Å². The molecule has 27 heavy (non-hydrogen) atoms. The molecule has 0 bridgehead atoms. The fourth-order valence-corrected chi connectivity index (χ4v) is 3.90. The van der Waals surface area contributed by atoms with E-state index in [1.54, 1.807) is 4.90 Å². The second kappa shape index (κ2) is 6.37. The molecule has 2 aliphatic heterocycles. The van der Waals surface area contributed by atoms with Crippen molar-refractivity contribution in [2.24, 2.45) is 0 Å². The van der Waals surface area contributed by atoms with Crippen LogP contribution in [0.5, 0.6) is 0 Å². The van der Waals surface area contributed by atoms with Gasteiger partial charge >= 0.3 is 6.18 Å². The van der Waals surface area contributed by atoms with Gasteiger partial charge in [0.05, 0.1) is 23.5 Å². The molecule has 8 heteroatoms. The average molecular weight is 379 g/mol. The number of carbonyl (C=O) groups excluding carboxylic acids is 1. The van der Waals surface area contributed by atoms with Crippen LogP contribution in [0, 0.1) is 0 Å². The lowest BCUT2D eigenvalue weighted by atomic mass is 9.95. The van der Waals surface area contributed by atoms with Crippen molar-refractivity contribution in [1.82, 2.24) is 15.1 Å². The molecule has 144 valence electrons. The molecule has 1 aromatic carbocycles. The largest absolute Gasteiger partial charge is 0.416 e. The monoisotopic (exact) mass is 379 g/mol. The smallest absolute Gasteiger partial charge is 0.369 e. The summed E-state index contributed by atoms with van der Waals surface area (Å²) < 4.78 is 44.4. The molecular formula is C19H20F3N3O2.